The van der Waals surface area contributed by atoms with Crippen molar-refractivity contribution in [1.82, 2.24) is 0 Å². The van der Waals surface area contributed by atoms with Gasteiger partial charge in [0.25, 0.3) is 0 Å². The highest BCUT2D eigenvalue weighted by molar-refractivity contribution is 5.29. The average molecular weight is 160 g/mol. The third-order valence-corrected chi connectivity index (χ3v) is 2.00. The molecule has 1 unspecified atom stereocenters. The third-order valence-electron chi connectivity index (χ3n) is 2.00. The van der Waals surface area contributed by atoms with Gasteiger partial charge < -0.3 is 5.11 Å². The number of rotatable bonds is 2. The van der Waals surface area contributed by atoms with Gasteiger partial charge in [-0.1, -0.05) is 43.2 Å². The second kappa shape index (κ2) is 3.42. The van der Waals surface area contributed by atoms with Gasteiger partial charge in [-0.05, 0) is 12.0 Å². The number of hydrogen-bond donors (Lipinski definition) is 1. The quantitative estimate of drug-likeness (QED) is 0.655. The Hall–Kier alpha value is -1.26. The van der Waals surface area contributed by atoms with Crippen LogP contribution in [-0.4, -0.2) is 5.11 Å². The molecule has 0 amide bonds. The van der Waals surface area contributed by atoms with E-state index in [1.807, 2.05) is 37.3 Å². The Labute approximate surface area is 73.0 Å². The fourth-order valence-electron chi connectivity index (χ4n) is 1.10. The molecule has 0 saturated heterocycles. The van der Waals surface area contributed by atoms with E-state index in [9.17, 15) is 5.11 Å². The van der Waals surface area contributed by atoms with Crippen molar-refractivity contribution < 1.29 is 5.11 Å². The minimum absolute atomic E-state index is 0.535. The maximum atomic E-state index is 9.86. The first-order valence-electron chi connectivity index (χ1n) is 3.98. The van der Waals surface area contributed by atoms with Gasteiger partial charge in [0.2, 0.25) is 0 Å². The van der Waals surface area contributed by atoms with E-state index >= 15 is 0 Å². The molecule has 0 radical (unpaired) electrons. The van der Waals surface area contributed by atoms with Gasteiger partial charge in [-0.2, -0.15) is 0 Å². The van der Waals surface area contributed by atoms with Crippen LogP contribution in [0.15, 0.2) is 30.3 Å². The summed E-state index contributed by atoms with van der Waals surface area (Å²) >= 11 is 0. The Bertz CT molecular complexity index is 284. The second-order valence-corrected chi connectivity index (χ2v) is 2.72. The zero-order valence-electron chi connectivity index (χ0n) is 7.12. The van der Waals surface area contributed by atoms with E-state index in [0.717, 1.165) is 5.56 Å². The van der Waals surface area contributed by atoms with E-state index in [1.165, 1.54) is 0 Å². The molecular weight excluding hydrogens is 148 g/mol. The molecule has 0 spiro atoms. The van der Waals surface area contributed by atoms with Crippen LogP contribution in [0.2, 0.25) is 0 Å². The molecule has 0 aliphatic heterocycles. The van der Waals surface area contributed by atoms with E-state index < -0.39 is 5.60 Å². The molecule has 0 bridgehead atoms. The van der Waals surface area contributed by atoms with Gasteiger partial charge in [0.15, 0.2) is 0 Å². The lowest BCUT2D eigenvalue weighted by molar-refractivity contribution is 0.0961. The molecule has 0 fully saturated rings. The van der Waals surface area contributed by atoms with Gasteiger partial charge in [-0.25, -0.2) is 0 Å². The minimum Gasteiger partial charge on any atom is -0.373 e. The molecule has 0 aromatic heterocycles. The Morgan fingerprint density at radius 3 is 2.42 bits per heavy atom. The van der Waals surface area contributed by atoms with Crippen LogP contribution in [0.25, 0.3) is 0 Å². The predicted molar refractivity (Wildman–Crippen MR) is 49.5 cm³/mol. The third kappa shape index (κ3) is 1.49. The van der Waals surface area contributed by atoms with Gasteiger partial charge >= 0.3 is 0 Å². The van der Waals surface area contributed by atoms with Gasteiger partial charge in [0.05, 0.1) is 0 Å². The molecule has 0 heterocycles. The lowest BCUT2D eigenvalue weighted by Gasteiger charge is -2.20. The summed E-state index contributed by atoms with van der Waals surface area (Å²) in [5, 5.41) is 9.86. The predicted octanol–water partition coefficient (Wildman–Crippen LogP) is 1.92. The van der Waals surface area contributed by atoms with Gasteiger partial charge in [-0.3, -0.25) is 0 Å². The highest BCUT2D eigenvalue weighted by Gasteiger charge is 2.22. The van der Waals surface area contributed by atoms with Gasteiger partial charge in [0, 0.05) is 0 Å². The fourth-order valence-corrected chi connectivity index (χ4v) is 1.10. The standard InChI is InChI=1S/C11H12O/c1-3-11(12,4-2)10-8-6-5-7-9-10/h1,5-9,12H,4H2,2H3. The number of hydrogen-bond acceptors (Lipinski definition) is 1. The van der Waals surface area contributed by atoms with Crippen LogP contribution in [0, 0.1) is 12.3 Å². The zero-order chi connectivity index (χ0) is 9.03. The first-order chi connectivity index (χ1) is 5.73. The topological polar surface area (TPSA) is 20.2 Å². The van der Waals surface area contributed by atoms with Crippen LogP contribution >= 0.6 is 0 Å². The summed E-state index contributed by atoms with van der Waals surface area (Å²) in [5.41, 5.74) is -0.309. The Morgan fingerprint density at radius 1 is 1.42 bits per heavy atom. The van der Waals surface area contributed by atoms with Gasteiger partial charge in [-0.15, -0.1) is 6.42 Å². The molecule has 0 aliphatic rings. The Morgan fingerprint density at radius 2 is 2.00 bits per heavy atom. The summed E-state index contributed by atoms with van der Waals surface area (Å²) in [6.45, 7) is 1.87. The highest BCUT2D eigenvalue weighted by atomic mass is 16.3. The average Bonchev–Trinajstić information content (AvgIpc) is 2.18. The molecule has 1 aromatic rings. The molecular formula is C11H12O. The van der Waals surface area contributed by atoms with Crippen LogP contribution in [0.4, 0.5) is 0 Å². The normalized spacial score (nSPS) is 14.8. The molecule has 1 rings (SSSR count). The van der Waals surface area contributed by atoms with Crippen LogP contribution in [0.1, 0.15) is 18.9 Å². The molecule has 1 aromatic carbocycles. The number of aliphatic hydroxyl groups is 1. The minimum atomic E-state index is -1.10. The molecule has 1 heteroatoms. The summed E-state index contributed by atoms with van der Waals surface area (Å²) in [6, 6.07) is 9.31. The number of benzene rings is 1. The van der Waals surface area contributed by atoms with E-state index in [1.54, 1.807) is 0 Å². The molecule has 1 nitrogen and oxygen atoms in total. The van der Waals surface area contributed by atoms with E-state index in [0.29, 0.717) is 6.42 Å². The molecule has 1 N–H and O–H groups in total. The molecule has 1 atom stereocenters. The van der Waals surface area contributed by atoms with Crippen molar-refractivity contribution in [3.05, 3.63) is 35.9 Å². The summed E-state index contributed by atoms with van der Waals surface area (Å²) in [6.07, 6.45) is 5.78. The lowest BCUT2D eigenvalue weighted by Crippen LogP contribution is -2.21. The largest absolute Gasteiger partial charge is 0.373 e. The van der Waals surface area contributed by atoms with Crippen LogP contribution in [0.3, 0.4) is 0 Å². The molecule has 0 aliphatic carbocycles. The summed E-state index contributed by atoms with van der Waals surface area (Å²) < 4.78 is 0. The molecule has 62 valence electrons. The van der Waals surface area contributed by atoms with Gasteiger partial charge in [0.1, 0.15) is 5.60 Å². The Balaban J connectivity index is 3.06. The van der Waals surface area contributed by atoms with E-state index in [4.69, 9.17) is 6.42 Å². The van der Waals surface area contributed by atoms with Crippen molar-refractivity contribution in [2.75, 3.05) is 0 Å². The SMILES string of the molecule is C#CC(O)(CC)c1ccccc1. The molecule has 12 heavy (non-hydrogen) atoms. The number of terminal acetylenes is 1. The van der Waals surface area contributed by atoms with Crippen molar-refractivity contribution in [3.8, 4) is 12.3 Å². The van der Waals surface area contributed by atoms with Crippen molar-refractivity contribution >= 4 is 0 Å². The van der Waals surface area contributed by atoms with Crippen LogP contribution in [-0.2, 0) is 5.60 Å². The molecule has 0 saturated carbocycles. The maximum Gasteiger partial charge on any atom is 0.150 e. The fraction of sp³-hybridized carbons (Fsp3) is 0.273. The van der Waals surface area contributed by atoms with Crippen molar-refractivity contribution in [2.45, 2.75) is 18.9 Å². The van der Waals surface area contributed by atoms with E-state index in [2.05, 4.69) is 5.92 Å². The van der Waals surface area contributed by atoms with Crippen molar-refractivity contribution in [2.24, 2.45) is 0 Å². The first-order valence-corrected chi connectivity index (χ1v) is 3.98. The maximum absolute atomic E-state index is 9.86. The van der Waals surface area contributed by atoms with Crippen LogP contribution < -0.4 is 0 Å². The highest BCUT2D eigenvalue weighted by Crippen LogP contribution is 2.22. The van der Waals surface area contributed by atoms with E-state index in [-0.39, 0.29) is 0 Å². The first kappa shape index (κ1) is 8.83. The monoisotopic (exact) mass is 160 g/mol. The summed E-state index contributed by atoms with van der Waals surface area (Å²) in [5.74, 6) is 2.40. The zero-order valence-corrected chi connectivity index (χ0v) is 7.12. The summed E-state index contributed by atoms with van der Waals surface area (Å²) in [4.78, 5) is 0. The lowest BCUT2D eigenvalue weighted by atomic mass is 9.92. The second-order valence-electron chi connectivity index (χ2n) is 2.72. The van der Waals surface area contributed by atoms with Crippen molar-refractivity contribution in [1.29, 1.82) is 0 Å². The Kier molecular flexibility index (Phi) is 2.52. The smallest absolute Gasteiger partial charge is 0.150 e. The van der Waals surface area contributed by atoms with Crippen LogP contribution in [0.5, 0.6) is 0 Å². The summed E-state index contributed by atoms with van der Waals surface area (Å²) in [7, 11) is 0. The van der Waals surface area contributed by atoms with Crippen molar-refractivity contribution in [3.63, 3.8) is 0 Å².